The first-order chi connectivity index (χ1) is 14.1. The van der Waals surface area contributed by atoms with Crippen molar-refractivity contribution in [1.82, 2.24) is 9.97 Å². The quantitative estimate of drug-likeness (QED) is 0.370. The van der Waals surface area contributed by atoms with Crippen LogP contribution in [0.1, 0.15) is 37.1 Å². The first-order valence-corrected chi connectivity index (χ1v) is 11.3. The molecular formula is C23H25AsCl3N3O. The van der Waals surface area contributed by atoms with E-state index in [0.717, 1.165) is 39.5 Å². The molecule has 164 valence electrons. The molecule has 2 unspecified atom stereocenters. The summed E-state index contributed by atoms with van der Waals surface area (Å²) in [6.07, 6.45) is 8.88. The summed E-state index contributed by atoms with van der Waals surface area (Å²) in [6, 6.07) is 14.0. The fourth-order valence-electron chi connectivity index (χ4n) is 3.64. The molecule has 4 rings (SSSR count). The van der Waals surface area contributed by atoms with Crippen molar-refractivity contribution in [3.63, 3.8) is 0 Å². The van der Waals surface area contributed by atoms with Gasteiger partial charge in [0, 0.05) is 0 Å². The van der Waals surface area contributed by atoms with Gasteiger partial charge in [-0.1, -0.05) is 11.6 Å². The molecule has 2 aromatic carbocycles. The van der Waals surface area contributed by atoms with E-state index in [2.05, 4.69) is 22.2 Å². The third-order valence-corrected chi connectivity index (χ3v) is 6.82. The molecule has 0 amide bonds. The second-order valence-corrected chi connectivity index (χ2v) is 9.13. The molecular weight excluding hydrogens is 516 g/mol. The van der Waals surface area contributed by atoms with Gasteiger partial charge in [0.15, 0.2) is 0 Å². The molecule has 1 aromatic heterocycles. The first-order valence-electron chi connectivity index (χ1n) is 9.86. The van der Waals surface area contributed by atoms with Gasteiger partial charge in [-0.3, -0.25) is 0 Å². The van der Waals surface area contributed by atoms with Gasteiger partial charge in [-0.25, -0.2) is 0 Å². The molecule has 0 aliphatic heterocycles. The zero-order valence-corrected chi connectivity index (χ0v) is 21.4. The number of nitrogens with one attached hydrogen (secondary N) is 1. The van der Waals surface area contributed by atoms with Crippen molar-refractivity contribution < 1.29 is 4.74 Å². The molecule has 1 N–H and O–H groups in total. The summed E-state index contributed by atoms with van der Waals surface area (Å²) in [6.45, 7) is 0. The summed E-state index contributed by atoms with van der Waals surface area (Å²) in [5.74, 6) is 2.35. The van der Waals surface area contributed by atoms with Gasteiger partial charge in [0.2, 0.25) is 0 Å². The average molecular weight is 541 g/mol. The summed E-state index contributed by atoms with van der Waals surface area (Å²) in [5, 5.41) is 5.41. The van der Waals surface area contributed by atoms with Crippen molar-refractivity contribution >= 4 is 82.1 Å². The largest absolute Gasteiger partial charge is 0.147 e. The molecule has 31 heavy (non-hydrogen) atoms. The third-order valence-electron chi connectivity index (χ3n) is 5.27. The Morgan fingerprint density at radius 3 is 2.48 bits per heavy atom. The number of methoxy groups -OCH3 is 1. The number of hydrogen-bond acceptors (Lipinski definition) is 4. The fraction of sp³-hybridized carbons (Fsp3) is 0.304. The number of ether oxygens (including phenoxy) is 1. The van der Waals surface area contributed by atoms with Crippen LogP contribution in [0.4, 0.5) is 5.82 Å². The number of benzene rings is 2. The normalized spacial score (nSPS) is 18.3. The molecule has 1 saturated carbocycles. The van der Waals surface area contributed by atoms with E-state index in [0.29, 0.717) is 16.6 Å². The van der Waals surface area contributed by atoms with Gasteiger partial charge in [-0.2, -0.15) is 0 Å². The SMILES string of the molecule is COc1ccc2nc(/C=C\c3ccc(Cl)cc3)nc(NC3CCCCC3[As])c2c1.Cl.Cl. The van der Waals surface area contributed by atoms with Crippen LogP contribution in [-0.4, -0.2) is 40.0 Å². The van der Waals surface area contributed by atoms with E-state index < -0.39 is 0 Å². The average Bonchev–Trinajstić information content (AvgIpc) is 2.74. The van der Waals surface area contributed by atoms with Gasteiger partial charge in [-0.05, 0) is 0 Å². The van der Waals surface area contributed by atoms with E-state index in [-0.39, 0.29) is 24.8 Å². The number of nitrogens with zero attached hydrogens (tertiary/aromatic N) is 2. The summed E-state index contributed by atoms with van der Waals surface area (Å²) >= 11 is 8.80. The number of anilines is 1. The summed E-state index contributed by atoms with van der Waals surface area (Å²) in [4.78, 5) is 9.57. The Bertz CT molecular complexity index is 1030. The van der Waals surface area contributed by atoms with Crippen LogP contribution in [0.3, 0.4) is 0 Å². The second kappa shape index (κ2) is 12.0. The Morgan fingerprint density at radius 2 is 1.77 bits per heavy atom. The molecule has 8 heteroatoms. The third kappa shape index (κ3) is 6.52. The zero-order chi connectivity index (χ0) is 20.2. The van der Waals surface area contributed by atoms with Crippen LogP contribution >= 0.6 is 36.4 Å². The predicted molar refractivity (Wildman–Crippen MR) is 136 cm³/mol. The zero-order valence-electron chi connectivity index (χ0n) is 17.1. The molecule has 3 aromatic rings. The monoisotopic (exact) mass is 539 g/mol. The van der Waals surface area contributed by atoms with Crippen LogP contribution < -0.4 is 10.1 Å². The van der Waals surface area contributed by atoms with Crippen molar-refractivity contribution in [2.24, 2.45) is 0 Å². The van der Waals surface area contributed by atoms with Gasteiger partial charge in [-0.15, -0.1) is 24.8 Å². The maximum atomic E-state index is 5.98. The number of hydrogen-bond donors (Lipinski definition) is 1. The number of aromatic nitrogens is 2. The van der Waals surface area contributed by atoms with Gasteiger partial charge in [0.1, 0.15) is 0 Å². The van der Waals surface area contributed by atoms with Crippen LogP contribution in [0.15, 0.2) is 42.5 Å². The minimum atomic E-state index is 0. The second-order valence-electron chi connectivity index (χ2n) is 7.30. The molecule has 1 aliphatic carbocycles. The number of fused-ring (bicyclic) bond motifs is 1. The Kier molecular flexibility index (Phi) is 9.96. The van der Waals surface area contributed by atoms with Crippen LogP contribution in [0.5, 0.6) is 5.75 Å². The first kappa shape index (κ1) is 25.8. The standard InChI is InChI=1S/C23H23AsClN3O.2ClH/c1-29-17-11-12-20-18(14-17)23(27-21-5-3-2-4-19(21)24)28-22(26-20)13-8-15-6-9-16(25)10-7-15;;/h6-14,19,21H,2-5H2,1H3,(H,26,27,28);2*1H/b13-8-;;. The van der Waals surface area contributed by atoms with E-state index in [4.69, 9.17) is 26.3 Å². The topological polar surface area (TPSA) is 47.0 Å². The minimum Gasteiger partial charge on any atom is -0.147 e. The Hall–Kier alpha value is -1.45. The smallest absolute Gasteiger partial charge is 0.147 e. The van der Waals surface area contributed by atoms with Gasteiger partial charge in [0.25, 0.3) is 0 Å². The van der Waals surface area contributed by atoms with Crippen LogP contribution in [-0.2, 0) is 0 Å². The Balaban J connectivity index is 0.00000171. The van der Waals surface area contributed by atoms with Crippen molar-refractivity contribution in [1.29, 1.82) is 0 Å². The molecule has 4 nitrogen and oxygen atoms in total. The molecule has 0 bridgehead atoms. The van der Waals surface area contributed by atoms with E-state index in [1.54, 1.807) is 7.11 Å². The Morgan fingerprint density at radius 1 is 1.03 bits per heavy atom. The molecule has 0 saturated heterocycles. The summed E-state index contributed by atoms with van der Waals surface area (Å²) in [5.41, 5.74) is 1.96. The molecule has 1 aliphatic rings. The maximum absolute atomic E-state index is 5.98. The van der Waals surface area contributed by atoms with Crippen LogP contribution in [0.2, 0.25) is 9.73 Å². The van der Waals surface area contributed by atoms with Crippen molar-refractivity contribution in [3.8, 4) is 5.75 Å². The predicted octanol–water partition coefficient (Wildman–Crippen LogP) is 6.62. The fourth-order valence-corrected chi connectivity index (χ4v) is 4.62. The Labute approximate surface area is 209 Å². The molecule has 1 fully saturated rings. The number of rotatable bonds is 5. The van der Waals surface area contributed by atoms with Crippen molar-refractivity contribution in [2.45, 2.75) is 36.4 Å². The van der Waals surface area contributed by atoms with Crippen molar-refractivity contribution in [2.75, 3.05) is 12.4 Å². The molecule has 0 spiro atoms. The van der Waals surface area contributed by atoms with E-state index in [9.17, 15) is 0 Å². The maximum Gasteiger partial charge on any atom is -0.147 e. The van der Waals surface area contributed by atoms with Crippen molar-refractivity contribution in [3.05, 3.63) is 58.9 Å². The van der Waals surface area contributed by atoms with Crippen LogP contribution in [0.25, 0.3) is 23.1 Å². The minimum absolute atomic E-state index is 0. The van der Waals surface area contributed by atoms with E-state index in [1.807, 2.05) is 54.6 Å². The summed E-state index contributed by atoms with van der Waals surface area (Å²) in [7, 11) is 1.68. The van der Waals surface area contributed by atoms with Gasteiger partial charge >= 0.3 is 174 Å². The number of halogens is 3. The van der Waals surface area contributed by atoms with E-state index >= 15 is 0 Å². The molecule has 2 radical (unpaired) electrons. The van der Waals surface area contributed by atoms with Gasteiger partial charge in [0.05, 0.1) is 0 Å². The summed E-state index contributed by atoms with van der Waals surface area (Å²) < 4.78 is 5.99. The van der Waals surface area contributed by atoms with E-state index in [1.165, 1.54) is 19.3 Å². The molecule has 2 atom stereocenters. The van der Waals surface area contributed by atoms with Gasteiger partial charge < -0.3 is 0 Å². The van der Waals surface area contributed by atoms with Crippen LogP contribution in [0, 0.1) is 0 Å². The molecule has 1 heterocycles.